The number of imidazole rings is 2. The molecule has 15 nitrogen and oxygen atoms in total. The topological polar surface area (TPSA) is 188 Å². The number of fused-ring (bicyclic) bond motifs is 5. The van der Waals surface area contributed by atoms with E-state index in [0.29, 0.717) is 13.1 Å². The summed E-state index contributed by atoms with van der Waals surface area (Å²) in [6, 6.07) is 10.8. The largest absolute Gasteiger partial charge is 0.456 e. The molecular weight excluding hydrogens is 765 g/mol. The molecule has 60 heavy (non-hydrogen) atoms. The van der Waals surface area contributed by atoms with Gasteiger partial charge in [0.05, 0.1) is 50.1 Å². The standard InChI is InChI=1S/C45H54N8O7/c1-24(2)37(50-44(56)58-5)42(54)52-18-8-12-34(52)40-46-22-32(48-40)27-14-16-29-26(20-27)10-7-11-30-31-21-28(15-17-36(31)60-39(29)30)33-23-47-41(49-33)35-13-9-19-53(35)43(55)38(25(3)4)51-45(57)59-6/h14-17,20-25,34-35,37-38H,7-13,18-19H2,1-6H3,(H,46,48)(H,47,49)(H,50,56)(H,51,57)/t34-,35-,37-,38-/m0/s1. The highest BCUT2D eigenvalue weighted by atomic mass is 16.5. The van der Waals surface area contributed by atoms with Crippen LogP contribution in [0.15, 0.2) is 53.2 Å². The number of rotatable bonds is 10. The molecule has 2 aromatic carbocycles. The van der Waals surface area contributed by atoms with E-state index in [-0.39, 0.29) is 35.7 Å². The fraction of sp³-hybridized carbons (Fsp3) is 0.467. The number of aromatic nitrogens is 4. The average Bonchev–Trinajstić information content (AvgIpc) is 4.10. The summed E-state index contributed by atoms with van der Waals surface area (Å²) in [5.41, 5.74) is 7.99. The van der Waals surface area contributed by atoms with Gasteiger partial charge in [0.25, 0.3) is 0 Å². The van der Waals surface area contributed by atoms with E-state index in [9.17, 15) is 19.2 Å². The number of amides is 4. The Morgan fingerprint density at radius 3 is 1.80 bits per heavy atom. The minimum Gasteiger partial charge on any atom is -0.456 e. The fourth-order valence-corrected chi connectivity index (χ4v) is 9.12. The van der Waals surface area contributed by atoms with Gasteiger partial charge >= 0.3 is 12.2 Å². The molecule has 316 valence electrons. The highest BCUT2D eigenvalue weighted by molar-refractivity contribution is 5.92. The minimum atomic E-state index is -0.698. The Kier molecular flexibility index (Phi) is 11.4. The molecule has 3 aromatic heterocycles. The number of carbonyl (C=O) groups excluding carboxylic acids is 4. The van der Waals surface area contributed by atoms with E-state index in [0.717, 1.165) is 101 Å². The van der Waals surface area contributed by atoms with Gasteiger partial charge in [-0.2, -0.15) is 0 Å². The van der Waals surface area contributed by atoms with E-state index in [1.165, 1.54) is 25.3 Å². The zero-order chi connectivity index (χ0) is 42.2. The van der Waals surface area contributed by atoms with Gasteiger partial charge in [0.15, 0.2) is 0 Å². The second kappa shape index (κ2) is 16.9. The molecule has 15 heteroatoms. The van der Waals surface area contributed by atoms with Gasteiger partial charge < -0.3 is 44.3 Å². The number of furan rings is 1. The molecule has 3 aliphatic rings. The Morgan fingerprint density at radius 2 is 1.27 bits per heavy atom. The zero-order valence-corrected chi connectivity index (χ0v) is 35.1. The zero-order valence-electron chi connectivity index (χ0n) is 35.1. The lowest BCUT2D eigenvalue weighted by Gasteiger charge is -2.30. The van der Waals surface area contributed by atoms with Crippen molar-refractivity contribution in [1.82, 2.24) is 40.4 Å². The molecule has 5 heterocycles. The lowest BCUT2D eigenvalue weighted by Crippen LogP contribution is -2.51. The van der Waals surface area contributed by atoms with Crippen molar-refractivity contribution >= 4 is 35.0 Å². The van der Waals surface area contributed by atoms with Crippen LogP contribution in [0.4, 0.5) is 9.59 Å². The third kappa shape index (κ3) is 7.72. The summed E-state index contributed by atoms with van der Waals surface area (Å²) in [5, 5.41) is 6.49. The summed E-state index contributed by atoms with van der Waals surface area (Å²) in [6.45, 7) is 8.80. The van der Waals surface area contributed by atoms with Crippen molar-refractivity contribution in [2.24, 2.45) is 11.8 Å². The van der Waals surface area contributed by atoms with Crippen molar-refractivity contribution < 1.29 is 33.1 Å². The number of aryl methyl sites for hydroxylation is 2. The molecule has 2 fully saturated rings. The van der Waals surface area contributed by atoms with Crippen LogP contribution in [0.3, 0.4) is 0 Å². The van der Waals surface area contributed by atoms with Crippen LogP contribution in [-0.4, -0.2) is 93.1 Å². The second-order valence-electron chi connectivity index (χ2n) is 16.8. The quantitative estimate of drug-likeness (QED) is 0.111. The maximum atomic E-state index is 13.7. The molecule has 5 aromatic rings. The Balaban J connectivity index is 1.01. The van der Waals surface area contributed by atoms with Gasteiger partial charge in [0.2, 0.25) is 11.8 Å². The second-order valence-corrected chi connectivity index (χ2v) is 16.8. The summed E-state index contributed by atoms with van der Waals surface area (Å²) < 4.78 is 16.2. The first kappa shape index (κ1) is 40.7. The molecule has 4 N–H and O–H groups in total. The molecule has 0 unspecified atom stereocenters. The van der Waals surface area contributed by atoms with Gasteiger partial charge in [-0.15, -0.1) is 0 Å². The van der Waals surface area contributed by atoms with Crippen molar-refractivity contribution in [2.75, 3.05) is 27.3 Å². The smallest absolute Gasteiger partial charge is 0.407 e. The fourth-order valence-electron chi connectivity index (χ4n) is 9.12. The van der Waals surface area contributed by atoms with E-state index in [2.05, 4.69) is 44.9 Å². The molecule has 0 saturated carbocycles. The van der Waals surface area contributed by atoms with E-state index >= 15 is 0 Å². The first-order valence-electron chi connectivity index (χ1n) is 21.0. The first-order chi connectivity index (χ1) is 28.9. The number of carbonyl (C=O) groups is 4. The number of hydrogen-bond donors (Lipinski definition) is 4. The number of methoxy groups -OCH3 is 2. The summed E-state index contributed by atoms with van der Waals surface area (Å²) in [7, 11) is 2.59. The summed E-state index contributed by atoms with van der Waals surface area (Å²) >= 11 is 0. The number of alkyl carbamates (subject to hydrolysis) is 2. The van der Waals surface area contributed by atoms with Gasteiger partial charge in [-0.1, -0.05) is 39.8 Å². The van der Waals surface area contributed by atoms with Crippen LogP contribution >= 0.6 is 0 Å². The number of nitrogens with one attached hydrogen (secondary N) is 4. The normalized spacial score (nSPS) is 18.6. The van der Waals surface area contributed by atoms with Crippen LogP contribution in [0.1, 0.15) is 94.7 Å². The van der Waals surface area contributed by atoms with Crippen molar-refractivity contribution in [1.29, 1.82) is 0 Å². The number of hydrogen-bond acceptors (Lipinski definition) is 9. The van der Waals surface area contributed by atoms with Crippen LogP contribution < -0.4 is 10.6 Å². The lowest BCUT2D eigenvalue weighted by atomic mass is 9.98. The lowest BCUT2D eigenvalue weighted by molar-refractivity contribution is -0.136. The van der Waals surface area contributed by atoms with Crippen molar-refractivity contribution in [3.8, 4) is 33.8 Å². The number of benzene rings is 2. The molecular formula is C45H54N8O7. The molecule has 4 amide bonds. The highest BCUT2D eigenvalue weighted by Crippen LogP contribution is 2.42. The maximum absolute atomic E-state index is 13.7. The van der Waals surface area contributed by atoms with Gasteiger partial charge in [0.1, 0.15) is 35.1 Å². The molecule has 8 rings (SSSR count). The monoisotopic (exact) mass is 818 g/mol. The molecule has 2 saturated heterocycles. The Bertz CT molecular complexity index is 2410. The van der Waals surface area contributed by atoms with Gasteiger partial charge in [-0.25, -0.2) is 19.6 Å². The Hall–Kier alpha value is -6.12. The van der Waals surface area contributed by atoms with E-state index < -0.39 is 24.3 Å². The number of H-pyrrole nitrogens is 2. The first-order valence-corrected chi connectivity index (χ1v) is 21.0. The molecule has 2 aliphatic heterocycles. The van der Waals surface area contributed by atoms with Gasteiger partial charge in [0, 0.05) is 35.2 Å². The van der Waals surface area contributed by atoms with Crippen LogP contribution in [0.2, 0.25) is 0 Å². The highest BCUT2D eigenvalue weighted by Gasteiger charge is 2.39. The maximum Gasteiger partial charge on any atom is 0.407 e. The Labute approximate surface area is 349 Å². The van der Waals surface area contributed by atoms with Gasteiger partial charge in [-0.3, -0.25) is 9.59 Å². The predicted octanol–water partition coefficient (Wildman–Crippen LogP) is 7.46. The number of ether oxygens (including phenoxy) is 2. The summed E-state index contributed by atoms with van der Waals surface area (Å²) in [4.78, 5) is 71.6. The average molecular weight is 819 g/mol. The summed E-state index contributed by atoms with van der Waals surface area (Å²) in [5.74, 6) is 1.83. The Morgan fingerprint density at radius 1 is 0.733 bits per heavy atom. The minimum absolute atomic E-state index is 0.111. The number of aromatic amines is 2. The number of likely N-dealkylation sites (tertiary alicyclic amines) is 2. The van der Waals surface area contributed by atoms with Crippen LogP contribution in [0.25, 0.3) is 44.8 Å². The summed E-state index contributed by atoms with van der Waals surface area (Å²) in [6.07, 6.45) is 8.35. The van der Waals surface area contributed by atoms with E-state index in [1.54, 1.807) is 0 Å². The van der Waals surface area contributed by atoms with Crippen molar-refractivity contribution in [3.63, 3.8) is 0 Å². The third-order valence-electron chi connectivity index (χ3n) is 12.3. The molecule has 0 bridgehead atoms. The molecule has 0 spiro atoms. The van der Waals surface area contributed by atoms with E-state index in [4.69, 9.17) is 23.9 Å². The SMILES string of the molecule is COC(=O)N[C@H](C(=O)N1CCC[C@H]1c1ncc(-c2ccc3c(c2)CCCc2c-3oc3ccc(-c4cnc([C@@H]5CCCN5C(=O)[C@@H](NC(=O)OC)C(C)C)[nH]4)cc23)[nH]1)C(C)C. The molecule has 0 radical (unpaired) electrons. The van der Waals surface area contributed by atoms with Crippen LogP contribution in [-0.2, 0) is 31.9 Å². The van der Waals surface area contributed by atoms with Crippen molar-refractivity contribution in [3.05, 3.63) is 71.6 Å². The van der Waals surface area contributed by atoms with E-state index in [1.807, 2.05) is 62.0 Å². The van der Waals surface area contributed by atoms with Crippen molar-refractivity contribution in [2.45, 2.75) is 96.8 Å². The van der Waals surface area contributed by atoms with Crippen LogP contribution in [0, 0.1) is 11.8 Å². The van der Waals surface area contributed by atoms with Gasteiger partial charge in [-0.05, 0) is 92.2 Å². The number of nitrogens with zero attached hydrogens (tertiary/aromatic N) is 4. The predicted molar refractivity (Wildman–Crippen MR) is 225 cm³/mol. The molecule has 4 atom stereocenters. The van der Waals surface area contributed by atoms with Crippen LogP contribution in [0.5, 0.6) is 0 Å². The molecule has 1 aliphatic carbocycles. The third-order valence-corrected chi connectivity index (χ3v) is 12.3.